The molecule has 0 fully saturated rings. The van der Waals surface area contributed by atoms with Crippen LogP contribution in [0.15, 0.2) is 23.1 Å². The maximum Gasteiger partial charge on any atom is 0.248 e. The fourth-order valence-corrected chi connectivity index (χ4v) is 3.35. The first-order valence-corrected chi connectivity index (χ1v) is 8.31. The van der Waals surface area contributed by atoms with E-state index < -0.39 is 15.6 Å². The van der Waals surface area contributed by atoms with Gasteiger partial charge in [-0.25, -0.2) is 13.1 Å². The van der Waals surface area contributed by atoms with Crippen LogP contribution in [0, 0.1) is 0 Å². The van der Waals surface area contributed by atoms with Gasteiger partial charge in [-0.2, -0.15) is 0 Å². The number of hydrogen-bond donors (Lipinski definition) is 2. The topological polar surface area (TPSA) is 90.7 Å². The van der Waals surface area contributed by atoms with Crippen LogP contribution in [0.3, 0.4) is 0 Å². The van der Waals surface area contributed by atoms with E-state index in [2.05, 4.69) is 4.72 Å². The quantitative estimate of drug-likeness (QED) is 0.746. The number of halogens is 1. The van der Waals surface area contributed by atoms with Gasteiger partial charge in [0.1, 0.15) is 11.5 Å². The van der Waals surface area contributed by atoms with Gasteiger partial charge >= 0.3 is 0 Å². The molecule has 128 valence electrons. The Morgan fingerprint density at radius 1 is 1.14 bits per heavy atom. The molecule has 1 aromatic carbocycles. The van der Waals surface area contributed by atoms with Crippen molar-refractivity contribution in [2.24, 2.45) is 5.73 Å². The number of sulfonamides is 1. The van der Waals surface area contributed by atoms with Crippen LogP contribution in [0.25, 0.3) is 0 Å². The number of rotatable bonds is 8. The molecule has 0 aliphatic carbocycles. The normalized spacial score (nSPS) is 11.7. The standard InChI is InChI=1S/C14H24N2O4S.ClH/c1-5-14(15,6-2)10-16-21(17,18)13-11(19-3)8-7-9-12(13)20-4;/h7-9,16H,5-6,10,15H2,1-4H3;1H. The lowest BCUT2D eigenvalue weighted by atomic mass is 9.95. The predicted molar refractivity (Wildman–Crippen MR) is 89.5 cm³/mol. The van der Waals surface area contributed by atoms with Crippen molar-refractivity contribution in [1.29, 1.82) is 0 Å². The summed E-state index contributed by atoms with van der Waals surface area (Å²) < 4.78 is 37.9. The second-order valence-corrected chi connectivity index (χ2v) is 6.59. The summed E-state index contributed by atoms with van der Waals surface area (Å²) in [4.78, 5) is -0.00967. The molecule has 0 aromatic heterocycles. The lowest BCUT2D eigenvalue weighted by Gasteiger charge is -2.27. The zero-order chi connectivity index (χ0) is 16.1. The Morgan fingerprint density at radius 2 is 1.59 bits per heavy atom. The van der Waals surface area contributed by atoms with E-state index in [1.807, 2.05) is 13.8 Å². The molecule has 0 atom stereocenters. The number of methoxy groups -OCH3 is 2. The molecule has 0 saturated carbocycles. The number of nitrogens with one attached hydrogen (secondary N) is 1. The van der Waals surface area contributed by atoms with Gasteiger partial charge in [0.25, 0.3) is 0 Å². The lowest BCUT2D eigenvalue weighted by molar-refractivity contribution is 0.369. The second-order valence-electron chi connectivity index (χ2n) is 4.89. The monoisotopic (exact) mass is 352 g/mol. The molecular weight excluding hydrogens is 328 g/mol. The fraction of sp³-hybridized carbons (Fsp3) is 0.571. The molecule has 0 heterocycles. The smallest absolute Gasteiger partial charge is 0.248 e. The first-order chi connectivity index (χ1) is 9.83. The van der Waals surface area contributed by atoms with Gasteiger partial charge in [0.05, 0.1) is 14.2 Å². The van der Waals surface area contributed by atoms with E-state index in [1.54, 1.807) is 18.2 Å². The van der Waals surface area contributed by atoms with Gasteiger partial charge in [0, 0.05) is 12.1 Å². The van der Waals surface area contributed by atoms with Gasteiger partial charge < -0.3 is 15.2 Å². The highest BCUT2D eigenvalue weighted by Gasteiger charge is 2.28. The van der Waals surface area contributed by atoms with Crippen LogP contribution < -0.4 is 19.9 Å². The van der Waals surface area contributed by atoms with Crippen LogP contribution in [-0.2, 0) is 10.0 Å². The molecule has 0 amide bonds. The molecule has 1 aromatic rings. The zero-order valence-electron chi connectivity index (χ0n) is 13.4. The molecule has 6 nitrogen and oxygen atoms in total. The first-order valence-electron chi connectivity index (χ1n) is 6.83. The molecule has 0 aliphatic heterocycles. The maximum absolute atomic E-state index is 12.5. The largest absolute Gasteiger partial charge is 0.495 e. The lowest BCUT2D eigenvalue weighted by Crippen LogP contribution is -2.49. The van der Waals surface area contributed by atoms with E-state index in [0.717, 1.165) is 0 Å². The molecule has 0 saturated heterocycles. The highest BCUT2D eigenvalue weighted by atomic mass is 35.5. The predicted octanol–water partition coefficient (Wildman–Crippen LogP) is 1.92. The summed E-state index contributed by atoms with van der Waals surface area (Å²) in [7, 11) is -0.948. The van der Waals surface area contributed by atoms with E-state index >= 15 is 0 Å². The van der Waals surface area contributed by atoms with Crippen molar-refractivity contribution in [3.63, 3.8) is 0 Å². The van der Waals surface area contributed by atoms with Crippen LogP contribution in [0.1, 0.15) is 26.7 Å². The fourth-order valence-electron chi connectivity index (χ4n) is 1.89. The molecule has 0 radical (unpaired) electrons. The summed E-state index contributed by atoms with van der Waals surface area (Å²) in [6.45, 7) is 4.02. The Bertz CT molecular complexity index is 552. The summed E-state index contributed by atoms with van der Waals surface area (Å²) in [5.74, 6) is 0.468. The third-order valence-corrected chi connectivity index (χ3v) is 5.14. The molecule has 1 rings (SSSR count). The summed E-state index contributed by atoms with van der Waals surface area (Å²) in [5.41, 5.74) is 5.57. The van der Waals surface area contributed by atoms with Crippen molar-refractivity contribution in [2.75, 3.05) is 20.8 Å². The van der Waals surface area contributed by atoms with Crippen molar-refractivity contribution in [1.82, 2.24) is 4.72 Å². The van der Waals surface area contributed by atoms with Crippen LogP contribution in [-0.4, -0.2) is 34.7 Å². The average molecular weight is 353 g/mol. The van der Waals surface area contributed by atoms with E-state index in [1.165, 1.54) is 14.2 Å². The Hall–Kier alpha value is -1.02. The highest BCUT2D eigenvalue weighted by molar-refractivity contribution is 7.89. The Kier molecular flexibility index (Phi) is 8.17. The molecular formula is C14H25ClN2O4S. The minimum absolute atomic E-state index is 0. The van der Waals surface area contributed by atoms with Gasteiger partial charge in [-0.1, -0.05) is 19.9 Å². The summed E-state index contributed by atoms with van der Waals surface area (Å²) >= 11 is 0. The van der Waals surface area contributed by atoms with E-state index in [9.17, 15) is 8.42 Å². The third kappa shape index (κ3) is 4.74. The van der Waals surface area contributed by atoms with Gasteiger partial charge in [0.2, 0.25) is 10.0 Å². The Balaban J connectivity index is 0.00000441. The molecule has 8 heteroatoms. The summed E-state index contributed by atoms with van der Waals surface area (Å²) in [6.07, 6.45) is 1.35. The molecule has 0 aliphatic rings. The molecule has 22 heavy (non-hydrogen) atoms. The number of hydrogen-bond acceptors (Lipinski definition) is 5. The molecule has 0 unspecified atom stereocenters. The van der Waals surface area contributed by atoms with E-state index in [4.69, 9.17) is 15.2 Å². The minimum atomic E-state index is -3.78. The summed E-state index contributed by atoms with van der Waals surface area (Å²) in [5, 5.41) is 0. The van der Waals surface area contributed by atoms with Gasteiger partial charge in [-0.15, -0.1) is 12.4 Å². The molecule has 0 bridgehead atoms. The SMILES string of the molecule is CCC(N)(CC)CNS(=O)(=O)c1c(OC)cccc1OC.Cl. The van der Waals surface area contributed by atoms with Crippen molar-refractivity contribution < 1.29 is 17.9 Å². The van der Waals surface area contributed by atoms with E-state index in [-0.39, 0.29) is 35.3 Å². The molecule has 0 spiro atoms. The number of benzene rings is 1. The van der Waals surface area contributed by atoms with Crippen molar-refractivity contribution in [3.8, 4) is 11.5 Å². The summed E-state index contributed by atoms with van der Waals surface area (Å²) in [6, 6.07) is 4.82. The van der Waals surface area contributed by atoms with Gasteiger partial charge in [0.15, 0.2) is 4.90 Å². The highest BCUT2D eigenvalue weighted by Crippen LogP contribution is 2.32. The average Bonchev–Trinajstić information content (AvgIpc) is 2.51. The van der Waals surface area contributed by atoms with E-state index in [0.29, 0.717) is 12.8 Å². The van der Waals surface area contributed by atoms with Crippen LogP contribution in [0.2, 0.25) is 0 Å². The van der Waals surface area contributed by atoms with Crippen LogP contribution in [0.4, 0.5) is 0 Å². The van der Waals surface area contributed by atoms with Gasteiger partial charge in [-0.05, 0) is 25.0 Å². The van der Waals surface area contributed by atoms with Crippen LogP contribution in [0.5, 0.6) is 11.5 Å². The Labute approximate surface area is 138 Å². The molecule has 3 N–H and O–H groups in total. The number of nitrogens with two attached hydrogens (primary N) is 1. The van der Waals surface area contributed by atoms with Crippen molar-refractivity contribution >= 4 is 22.4 Å². The third-order valence-electron chi connectivity index (χ3n) is 3.67. The Morgan fingerprint density at radius 3 is 1.95 bits per heavy atom. The van der Waals surface area contributed by atoms with Gasteiger partial charge in [-0.3, -0.25) is 0 Å². The minimum Gasteiger partial charge on any atom is -0.495 e. The number of ether oxygens (including phenoxy) is 2. The van der Waals surface area contributed by atoms with Crippen LogP contribution >= 0.6 is 12.4 Å². The van der Waals surface area contributed by atoms with Crippen molar-refractivity contribution in [3.05, 3.63) is 18.2 Å². The van der Waals surface area contributed by atoms with Crippen molar-refractivity contribution in [2.45, 2.75) is 37.1 Å². The second kappa shape index (κ2) is 8.57. The first kappa shape index (κ1) is 21.0. The maximum atomic E-state index is 12.5. The zero-order valence-corrected chi connectivity index (χ0v) is 15.0.